The minimum absolute atomic E-state index is 0.0947. The molecule has 0 saturated carbocycles. The molecule has 1 amide bonds. The summed E-state index contributed by atoms with van der Waals surface area (Å²) in [5, 5.41) is 14.6. The van der Waals surface area contributed by atoms with Crippen LogP contribution in [0.25, 0.3) is 16.6 Å². The van der Waals surface area contributed by atoms with Crippen molar-refractivity contribution >= 4 is 22.5 Å². The number of fused-ring (bicyclic) bond motifs is 1. The minimum atomic E-state index is -0.159. The number of para-hydroxylation sites is 1. The maximum Gasteiger partial charge on any atom is 0.258 e. The van der Waals surface area contributed by atoms with Crippen molar-refractivity contribution in [1.29, 1.82) is 0 Å². The lowest BCUT2D eigenvalue weighted by Crippen LogP contribution is -2.14. The molecule has 9 nitrogen and oxygen atoms in total. The van der Waals surface area contributed by atoms with Gasteiger partial charge in [0.1, 0.15) is 12.2 Å². The van der Waals surface area contributed by atoms with Gasteiger partial charge in [-0.05, 0) is 59.7 Å². The minimum Gasteiger partial charge on any atom is -0.326 e. The first-order valence-corrected chi connectivity index (χ1v) is 9.22. The second kappa shape index (κ2) is 8.01. The van der Waals surface area contributed by atoms with Crippen molar-refractivity contribution in [2.75, 3.05) is 5.32 Å². The second-order valence-electron chi connectivity index (χ2n) is 6.69. The van der Waals surface area contributed by atoms with Gasteiger partial charge in [0.15, 0.2) is 0 Å². The van der Waals surface area contributed by atoms with Crippen molar-refractivity contribution < 1.29 is 4.79 Å². The van der Waals surface area contributed by atoms with Gasteiger partial charge in [-0.25, -0.2) is 9.67 Å². The van der Waals surface area contributed by atoms with Crippen LogP contribution in [0.4, 0.5) is 5.69 Å². The van der Waals surface area contributed by atoms with Crippen molar-refractivity contribution in [3.05, 3.63) is 70.5 Å². The van der Waals surface area contributed by atoms with Crippen molar-refractivity contribution in [2.45, 2.75) is 26.2 Å². The predicted molar refractivity (Wildman–Crippen MR) is 108 cm³/mol. The molecule has 9 heteroatoms. The smallest absolute Gasteiger partial charge is 0.258 e. The SMILES string of the molecule is Cc1cc(NC(=O)CCCc2nc3ccccc3c(=O)[nH]2)ccc1-n1cnnn1. The van der Waals surface area contributed by atoms with Gasteiger partial charge < -0.3 is 10.3 Å². The molecule has 2 heterocycles. The van der Waals surface area contributed by atoms with Gasteiger partial charge in [-0.3, -0.25) is 9.59 Å². The van der Waals surface area contributed by atoms with E-state index in [1.165, 1.54) is 6.33 Å². The van der Waals surface area contributed by atoms with Crippen LogP contribution in [0, 0.1) is 6.92 Å². The molecule has 29 heavy (non-hydrogen) atoms. The number of benzene rings is 2. The summed E-state index contributed by atoms with van der Waals surface area (Å²) >= 11 is 0. The molecule has 2 N–H and O–H groups in total. The van der Waals surface area contributed by atoms with Crippen molar-refractivity contribution in [3.8, 4) is 5.69 Å². The first-order chi connectivity index (χ1) is 14.1. The molecular formula is C20H19N7O2. The molecule has 0 aliphatic heterocycles. The summed E-state index contributed by atoms with van der Waals surface area (Å²) in [6.45, 7) is 1.93. The fourth-order valence-corrected chi connectivity index (χ4v) is 3.16. The first kappa shape index (κ1) is 18.5. The summed E-state index contributed by atoms with van der Waals surface area (Å²) < 4.78 is 1.57. The molecule has 4 rings (SSSR count). The van der Waals surface area contributed by atoms with Crippen LogP contribution in [0.2, 0.25) is 0 Å². The van der Waals surface area contributed by atoms with Gasteiger partial charge in [0.25, 0.3) is 5.56 Å². The molecular weight excluding hydrogens is 370 g/mol. The Hall–Kier alpha value is -3.88. The van der Waals surface area contributed by atoms with Crippen LogP contribution < -0.4 is 10.9 Å². The summed E-state index contributed by atoms with van der Waals surface area (Å²) in [7, 11) is 0. The number of aromatic amines is 1. The molecule has 0 unspecified atom stereocenters. The number of rotatable bonds is 6. The number of nitrogens with zero attached hydrogens (tertiary/aromatic N) is 5. The number of carbonyl (C=O) groups is 1. The van der Waals surface area contributed by atoms with E-state index in [9.17, 15) is 9.59 Å². The number of anilines is 1. The number of tetrazole rings is 1. The van der Waals surface area contributed by atoms with E-state index < -0.39 is 0 Å². The average Bonchev–Trinajstić information content (AvgIpc) is 3.23. The Morgan fingerprint density at radius 3 is 2.86 bits per heavy atom. The van der Waals surface area contributed by atoms with Crippen LogP contribution in [-0.2, 0) is 11.2 Å². The van der Waals surface area contributed by atoms with Crippen molar-refractivity contribution in [2.24, 2.45) is 0 Å². The Bertz CT molecular complexity index is 1220. The molecule has 0 saturated heterocycles. The van der Waals surface area contributed by atoms with E-state index in [4.69, 9.17) is 0 Å². The highest BCUT2D eigenvalue weighted by molar-refractivity contribution is 5.90. The van der Waals surface area contributed by atoms with Crippen LogP contribution in [0.3, 0.4) is 0 Å². The van der Waals surface area contributed by atoms with Crippen LogP contribution in [0.15, 0.2) is 53.6 Å². The van der Waals surface area contributed by atoms with Crippen molar-refractivity contribution in [1.82, 2.24) is 30.2 Å². The Labute approximate surface area is 165 Å². The van der Waals surface area contributed by atoms with Crippen molar-refractivity contribution in [3.63, 3.8) is 0 Å². The van der Waals surface area contributed by atoms with Gasteiger partial charge in [-0.2, -0.15) is 0 Å². The molecule has 2 aromatic carbocycles. The van der Waals surface area contributed by atoms with E-state index in [2.05, 4.69) is 30.8 Å². The van der Waals surface area contributed by atoms with Gasteiger partial charge in [0.05, 0.1) is 16.6 Å². The molecule has 0 bridgehead atoms. The maximum absolute atomic E-state index is 12.3. The third kappa shape index (κ3) is 4.18. The number of aryl methyl sites for hydroxylation is 2. The Kier molecular flexibility index (Phi) is 5.10. The van der Waals surface area contributed by atoms with Crippen LogP contribution in [0.5, 0.6) is 0 Å². The topological polar surface area (TPSA) is 118 Å². The molecule has 4 aromatic rings. The third-order valence-corrected chi connectivity index (χ3v) is 4.56. The van der Waals surface area contributed by atoms with Gasteiger partial charge in [-0.15, -0.1) is 5.10 Å². The highest BCUT2D eigenvalue weighted by Crippen LogP contribution is 2.18. The molecule has 2 aromatic heterocycles. The highest BCUT2D eigenvalue weighted by atomic mass is 16.1. The Morgan fingerprint density at radius 2 is 2.07 bits per heavy atom. The summed E-state index contributed by atoms with van der Waals surface area (Å²) in [6, 6.07) is 12.7. The van der Waals surface area contributed by atoms with E-state index in [-0.39, 0.29) is 11.5 Å². The molecule has 0 aliphatic carbocycles. The number of hydrogen-bond acceptors (Lipinski definition) is 6. The zero-order valence-electron chi connectivity index (χ0n) is 15.8. The predicted octanol–water partition coefficient (Wildman–Crippen LogP) is 2.17. The number of carbonyl (C=O) groups excluding carboxylic acids is 1. The molecule has 0 aliphatic rings. The van der Waals surface area contributed by atoms with E-state index in [1.54, 1.807) is 16.8 Å². The summed E-state index contributed by atoms with van der Waals surface area (Å²) in [5.41, 5.74) is 3.00. The standard InChI is InChI=1S/C20H19N7O2/c1-13-11-14(9-10-17(13)27-12-21-25-26-27)22-19(28)8-4-7-18-23-16-6-3-2-5-15(16)20(29)24-18/h2-3,5-6,9-12H,4,7-8H2,1H3,(H,22,28)(H,23,24,29). The van der Waals surface area contributed by atoms with Gasteiger partial charge >= 0.3 is 0 Å². The number of nitrogens with one attached hydrogen (secondary N) is 2. The molecule has 0 radical (unpaired) electrons. The Morgan fingerprint density at radius 1 is 1.21 bits per heavy atom. The zero-order valence-corrected chi connectivity index (χ0v) is 15.8. The summed E-state index contributed by atoms with van der Waals surface area (Å²) in [4.78, 5) is 31.6. The first-order valence-electron chi connectivity index (χ1n) is 9.22. The fourth-order valence-electron chi connectivity index (χ4n) is 3.16. The van der Waals surface area contributed by atoms with Gasteiger partial charge in [0.2, 0.25) is 5.91 Å². The number of H-pyrrole nitrogens is 1. The lowest BCUT2D eigenvalue weighted by molar-refractivity contribution is -0.116. The van der Waals surface area contributed by atoms with E-state index in [1.807, 2.05) is 37.3 Å². The van der Waals surface area contributed by atoms with Gasteiger partial charge in [0, 0.05) is 18.5 Å². The Balaban J connectivity index is 1.35. The van der Waals surface area contributed by atoms with Crippen LogP contribution >= 0.6 is 0 Å². The highest BCUT2D eigenvalue weighted by Gasteiger charge is 2.08. The normalized spacial score (nSPS) is 10.9. The molecule has 0 spiro atoms. The number of aromatic nitrogens is 6. The molecule has 146 valence electrons. The zero-order chi connectivity index (χ0) is 20.2. The molecule has 0 fully saturated rings. The number of hydrogen-bond donors (Lipinski definition) is 2. The monoisotopic (exact) mass is 389 g/mol. The largest absolute Gasteiger partial charge is 0.326 e. The second-order valence-corrected chi connectivity index (χ2v) is 6.69. The molecule has 0 atom stereocenters. The van der Waals surface area contributed by atoms with E-state index in [0.29, 0.717) is 41.7 Å². The van der Waals surface area contributed by atoms with E-state index >= 15 is 0 Å². The summed E-state index contributed by atoms with van der Waals surface area (Å²) in [6.07, 6.45) is 2.94. The number of amides is 1. The van der Waals surface area contributed by atoms with Crippen LogP contribution in [0.1, 0.15) is 24.2 Å². The lowest BCUT2D eigenvalue weighted by Gasteiger charge is -2.09. The van der Waals surface area contributed by atoms with Crippen LogP contribution in [-0.4, -0.2) is 36.1 Å². The van der Waals surface area contributed by atoms with E-state index in [0.717, 1.165) is 11.3 Å². The third-order valence-electron chi connectivity index (χ3n) is 4.56. The summed E-state index contributed by atoms with van der Waals surface area (Å²) in [5.74, 6) is 0.492. The average molecular weight is 389 g/mol. The van der Waals surface area contributed by atoms with Gasteiger partial charge in [-0.1, -0.05) is 12.1 Å². The maximum atomic E-state index is 12.3. The fraction of sp³-hybridized carbons (Fsp3) is 0.200. The lowest BCUT2D eigenvalue weighted by atomic mass is 10.1. The quantitative estimate of drug-likeness (QED) is 0.522.